The average molecular weight is 549 g/mol. The molecule has 2 aromatic rings. The van der Waals surface area contributed by atoms with Gasteiger partial charge in [-0.3, -0.25) is 4.79 Å². The fourth-order valence-electron chi connectivity index (χ4n) is 4.29. The van der Waals surface area contributed by atoms with Gasteiger partial charge < -0.3 is 30.3 Å². The quantitative estimate of drug-likeness (QED) is 0.0913. The summed E-state index contributed by atoms with van der Waals surface area (Å²) in [7, 11) is 0. The zero-order chi connectivity index (χ0) is 29.4. The first-order chi connectivity index (χ1) is 19.0. The van der Waals surface area contributed by atoms with Gasteiger partial charge in [0.2, 0.25) is 0 Å². The molecule has 0 spiro atoms. The molecule has 40 heavy (non-hydrogen) atoms. The highest BCUT2D eigenvalue weighted by Gasteiger charge is 2.34. The Hall–Kier alpha value is -4.53. The van der Waals surface area contributed by atoms with Crippen LogP contribution in [0.25, 0.3) is 5.57 Å². The van der Waals surface area contributed by atoms with Crippen LogP contribution in [-0.4, -0.2) is 54.2 Å². The molecule has 0 unspecified atom stereocenters. The van der Waals surface area contributed by atoms with E-state index in [1.165, 1.54) is 12.1 Å². The smallest absolute Gasteiger partial charge is 0.333 e. The van der Waals surface area contributed by atoms with Crippen molar-refractivity contribution >= 4 is 34.7 Å². The summed E-state index contributed by atoms with van der Waals surface area (Å²) in [5.74, 6) is -1.67. The maximum Gasteiger partial charge on any atom is 0.333 e. The van der Waals surface area contributed by atoms with E-state index in [-0.39, 0.29) is 35.8 Å². The SMILES string of the molecule is C=C(C)C(=O)OCCCCNc1ccc(NCCCCOC(=O)C(=C)C)c2c1C(=C)c1c(O)ccc(O)c1C2=O. The normalized spacial score (nSPS) is 11.8. The number of hydrogen-bond donors (Lipinski definition) is 4. The van der Waals surface area contributed by atoms with Crippen molar-refractivity contribution in [1.29, 1.82) is 0 Å². The fraction of sp³-hybridized carbons (Fsp3) is 0.323. The number of esters is 2. The number of anilines is 2. The molecule has 0 aliphatic heterocycles. The van der Waals surface area contributed by atoms with Gasteiger partial charge in [-0.2, -0.15) is 0 Å². The van der Waals surface area contributed by atoms with E-state index in [4.69, 9.17) is 9.47 Å². The second-order valence-corrected chi connectivity index (χ2v) is 9.67. The largest absolute Gasteiger partial charge is 0.507 e. The van der Waals surface area contributed by atoms with Crippen molar-refractivity contribution in [2.75, 3.05) is 36.9 Å². The van der Waals surface area contributed by atoms with Crippen LogP contribution in [0.4, 0.5) is 11.4 Å². The Bertz CT molecular complexity index is 1260. The van der Waals surface area contributed by atoms with Gasteiger partial charge >= 0.3 is 11.9 Å². The second-order valence-electron chi connectivity index (χ2n) is 9.67. The summed E-state index contributed by atoms with van der Waals surface area (Å²) in [5.41, 5.74) is 3.39. The maximum absolute atomic E-state index is 13.7. The van der Waals surface area contributed by atoms with E-state index in [1.54, 1.807) is 19.9 Å². The number of carbonyl (C=O) groups excluding carboxylic acids is 3. The first-order valence-electron chi connectivity index (χ1n) is 13.1. The molecule has 0 amide bonds. The molecule has 9 nitrogen and oxygen atoms in total. The van der Waals surface area contributed by atoms with E-state index in [1.807, 2.05) is 6.07 Å². The van der Waals surface area contributed by atoms with Gasteiger partial charge in [-0.15, -0.1) is 0 Å². The Balaban J connectivity index is 1.77. The van der Waals surface area contributed by atoms with Crippen LogP contribution < -0.4 is 10.6 Å². The van der Waals surface area contributed by atoms with Crippen LogP contribution in [0, 0.1) is 0 Å². The summed E-state index contributed by atoms with van der Waals surface area (Å²) < 4.78 is 10.2. The number of fused-ring (bicyclic) bond motifs is 2. The van der Waals surface area contributed by atoms with Gasteiger partial charge in [0.15, 0.2) is 5.78 Å². The molecular weight excluding hydrogens is 512 g/mol. The Morgan fingerprint density at radius 3 is 1.65 bits per heavy atom. The van der Waals surface area contributed by atoms with E-state index < -0.39 is 17.7 Å². The van der Waals surface area contributed by atoms with Crippen LogP contribution in [0.1, 0.15) is 66.6 Å². The summed E-state index contributed by atoms with van der Waals surface area (Å²) in [6.45, 7) is 16.0. The molecule has 1 aliphatic carbocycles. The van der Waals surface area contributed by atoms with Crippen LogP contribution in [0.3, 0.4) is 0 Å². The monoisotopic (exact) mass is 548 g/mol. The summed E-state index contributed by atoms with van der Waals surface area (Å²) in [6, 6.07) is 6.24. The van der Waals surface area contributed by atoms with Crippen LogP contribution in [0.5, 0.6) is 11.5 Å². The van der Waals surface area contributed by atoms with Gasteiger partial charge in [0.05, 0.1) is 24.3 Å². The third kappa shape index (κ3) is 6.91. The van der Waals surface area contributed by atoms with Crippen LogP contribution in [0.2, 0.25) is 0 Å². The lowest BCUT2D eigenvalue weighted by molar-refractivity contribution is -0.139. The number of phenols is 2. The van der Waals surface area contributed by atoms with Gasteiger partial charge in [0.25, 0.3) is 0 Å². The molecule has 212 valence electrons. The number of aromatic hydroxyl groups is 2. The summed E-state index contributed by atoms with van der Waals surface area (Å²) >= 11 is 0. The lowest BCUT2D eigenvalue weighted by Gasteiger charge is -2.27. The Morgan fingerprint density at radius 1 is 0.725 bits per heavy atom. The number of phenolic OH excluding ortho intramolecular Hbond substituents is 2. The number of ether oxygens (including phenoxy) is 2. The van der Waals surface area contributed by atoms with Crippen molar-refractivity contribution < 1.29 is 34.1 Å². The first kappa shape index (κ1) is 30.0. The van der Waals surface area contributed by atoms with Gasteiger partial charge in [-0.05, 0) is 69.4 Å². The zero-order valence-electron chi connectivity index (χ0n) is 23.0. The molecule has 0 aromatic heterocycles. The summed E-state index contributed by atoms with van der Waals surface area (Å²) in [6.07, 6.45) is 2.61. The first-order valence-corrected chi connectivity index (χ1v) is 13.1. The molecule has 0 atom stereocenters. The van der Waals surface area contributed by atoms with E-state index in [0.29, 0.717) is 78.0 Å². The number of benzene rings is 2. The van der Waals surface area contributed by atoms with Crippen molar-refractivity contribution in [3.05, 3.63) is 77.4 Å². The van der Waals surface area contributed by atoms with Gasteiger partial charge in [0, 0.05) is 46.7 Å². The number of unbranched alkanes of at least 4 members (excludes halogenated alkanes) is 2. The lowest BCUT2D eigenvalue weighted by Crippen LogP contribution is -2.20. The minimum Gasteiger partial charge on any atom is -0.507 e. The molecule has 0 radical (unpaired) electrons. The third-order valence-corrected chi connectivity index (χ3v) is 6.36. The van der Waals surface area contributed by atoms with E-state index in [2.05, 4.69) is 30.4 Å². The number of ketones is 1. The van der Waals surface area contributed by atoms with Crippen LogP contribution in [0.15, 0.2) is 55.1 Å². The fourth-order valence-corrected chi connectivity index (χ4v) is 4.29. The highest BCUT2D eigenvalue weighted by atomic mass is 16.5. The van der Waals surface area contributed by atoms with Gasteiger partial charge in [-0.25, -0.2) is 9.59 Å². The average Bonchev–Trinajstić information content (AvgIpc) is 2.91. The predicted molar refractivity (Wildman–Crippen MR) is 155 cm³/mol. The Morgan fingerprint density at radius 2 is 1.18 bits per heavy atom. The predicted octanol–water partition coefficient (Wildman–Crippen LogP) is 5.33. The Labute approximate surface area is 234 Å². The summed E-state index contributed by atoms with van der Waals surface area (Å²) in [5, 5.41) is 27.7. The molecule has 0 saturated carbocycles. The van der Waals surface area contributed by atoms with Crippen LogP contribution in [-0.2, 0) is 19.1 Å². The molecule has 0 saturated heterocycles. The minimum absolute atomic E-state index is 0.00346. The molecule has 1 aliphatic rings. The van der Waals surface area contributed by atoms with Crippen molar-refractivity contribution in [3.8, 4) is 11.5 Å². The van der Waals surface area contributed by atoms with Gasteiger partial charge in [0.1, 0.15) is 11.5 Å². The van der Waals surface area contributed by atoms with Crippen molar-refractivity contribution in [3.63, 3.8) is 0 Å². The molecule has 0 bridgehead atoms. The number of carbonyl (C=O) groups is 3. The molecule has 4 N–H and O–H groups in total. The highest BCUT2D eigenvalue weighted by molar-refractivity contribution is 6.24. The van der Waals surface area contributed by atoms with Crippen molar-refractivity contribution in [1.82, 2.24) is 0 Å². The second kappa shape index (κ2) is 13.5. The molecular formula is C31H36N2O7. The van der Waals surface area contributed by atoms with E-state index in [9.17, 15) is 24.6 Å². The summed E-state index contributed by atoms with van der Waals surface area (Å²) in [4.78, 5) is 36.8. The lowest BCUT2D eigenvalue weighted by atomic mass is 9.79. The standard InChI is InChI=1S/C31H36N2O7/c1-18(2)30(37)39-16-8-6-14-32-21-10-11-22(33-15-7-9-17-40-31(38)19(3)4)27-25(21)20(5)26-23(34)12-13-24(35)28(26)29(27)36/h10-13,32-35H,1,3,5-9,14-17H2,2,4H3. The highest BCUT2D eigenvalue weighted by Crippen LogP contribution is 2.47. The van der Waals surface area contributed by atoms with Crippen molar-refractivity contribution in [2.24, 2.45) is 0 Å². The van der Waals surface area contributed by atoms with Gasteiger partial charge in [-0.1, -0.05) is 19.7 Å². The van der Waals surface area contributed by atoms with E-state index >= 15 is 0 Å². The zero-order valence-corrected chi connectivity index (χ0v) is 23.0. The minimum atomic E-state index is -0.431. The number of nitrogens with one attached hydrogen (secondary N) is 2. The maximum atomic E-state index is 13.7. The third-order valence-electron chi connectivity index (χ3n) is 6.36. The number of hydrogen-bond acceptors (Lipinski definition) is 9. The van der Waals surface area contributed by atoms with Crippen molar-refractivity contribution in [2.45, 2.75) is 39.5 Å². The molecule has 0 fully saturated rings. The van der Waals surface area contributed by atoms with Crippen LogP contribution >= 0.6 is 0 Å². The van der Waals surface area contributed by atoms with E-state index in [0.717, 1.165) is 0 Å². The molecule has 9 heteroatoms. The number of rotatable bonds is 14. The molecule has 0 heterocycles. The molecule has 3 rings (SSSR count). The Kier molecular flexibility index (Phi) is 10.1. The topological polar surface area (TPSA) is 134 Å². The molecule has 2 aromatic carbocycles.